The van der Waals surface area contributed by atoms with Crippen molar-refractivity contribution in [2.24, 2.45) is 0 Å². The highest BCUT2D eigenvalue weighted by atomic mass is 127. The van der Waals surface area contributed by atoms with Crippen molar-refractivity contribution in [3.05, 3.63) is 26.2 Å². The monoisotopic (exact) mass is 515 g/mol. The van der Waals surface area contributed by atoms with Gasteiger partial charge >= 0.3 is 5.97 Å². The minimum atomic E-state index is -0.634. The molecule has 7 nitrogen and oxygen atoms in total. The molecule has 1 saturated heterocycles. The zero-order valence-corrected chi connectivity index (χ0v) is 18.5. The smallest absolute Gasteiger partial charge is 0.326 e. The molecule has 148 valence electrons. The molecule has 0 atom stereocenters. The van der Waals surface area contributed by atoms with Crippen molar-refractivity contribution in [3.63, 3.8) is 0 Å². The van der Waals surface area contributed by atoms with Crippen LogP contribution in [0.25, 0.3) is 6.08 Å². The lowest BCUT2D eigenvalue weighted by atomic mass is 10.2. The van der Waals surface area contributed by atoms with Crippen molar-refractivity contribution in [2.75, 3.05) is 20.3 Å². The first kappa shape index (κ1) is 22.1. The van der Waals surface area contributed by atoms with Gasteiger partial charge < -0.3 is 14.2 Å². The van der Waals surface area contributed by atoms with Crippen LogP contribution in [0.2, 0.25) is 0 Å². The van der Waals surface area contributed by atoms with Gasteiger partial charge in [0, 0.05) is 0 Å². The van der Waals surface area contributed by atoms with Crippen LogP contribution in [0.1, 0.15) is 19.4 Å². The van der Waals surface area contributed by atoms with Crippen LogP contribution in [0.15, 0.2) is 17.0 Å². The van der Waals surface area contributed by atoms with Crippen LogP contribution in [-0.2, 0) is 14.3 Å². The Labute approximate surface area is 180 Å². The number of amides is 2. The van der Waals surface area contributed by atoms with E-state index in [1.54, 1.807) is 32.1 Å². The lowest BCUT2D eigenvalue weighted by Gasteiger charge is -2.13. The summed E-state index contributed by atoms with van der Waals surface area (Å²) in [4.78, 5) is 37.5. The molecule has 2 rings (SSSR count). The molecule has 0 aliphatic carbocycles. The van der Waals surface area contributed by atoms with Crippen molar-refractivity contribution >= 4 is 57.5 Å². The Kier molecular flexibility index (Phi) is 7.77. The Bertz CT molecular complexity index is 874. The van der Waals surface area contributed by atoms with Crippen LogP contribution in [0.4, 0.5) is 4.79 Å². The van der Waals surface area contributed by atoms with Crippen LogP contribution in [0.5, 0.6) is 11.5 Å². The maximum Gasteiger partial charge on any atom is 0.326 e. The Balaban J connectivity index is 2.25. The van der Waals surface area contributed by atoms with Gasteiger partial charge in [0.05, 0.1) is 21.7 Å². The van der Waals surface area contributed by atoms with E-state index in [0.29, 0.717) is 17.1 Å². The summed E-state index contributed by atoms with van der Waals surface area (Å²) in [5, 5.41) is -0.521. The minimum absolute atomic E-state index is 0.0943. The van der Waals surface area contributed by atoms with Crippen molar-refractivity contribution < 1.29 is 28.6 Å². The molecule has 28 heavy (non-hydrogen) atoms. The molecule has 1 aliphatic rings. The highest BCUT2D eigenvalue weighted by Crippen LogP contribution is 2.37. The van der Waals surface area contributed by atoms with E-state index in [4.69, 9.17) is 20.6 Å². The number of benzene rings is 1. The van der Waals surface area contributed by atoms with Gasteiger partial charge in [-0.1, -0.05) is 5.92 Å². The Morgan fingerprint density at radius 1 is 1.39 bits per heavy atom. The maximum atomic E-state index is 12.5. The highest BCUT2D eigenvalue weighted by molar-refractivity contribution is 14.1. The summed E-state index contributed by atoms with van der Waals surface area (Å²) >= 11 is 2.83. The average molecular weight is 515 g/mol. The molecule has 0 spiro atoms. The largest absolute Gasteiger partial charge is 0.493 e. The molecule has 0 radical (unpaired) electrons. The van der Waals surface area contributed by atoms with Crippen molar-refractivity contribution in [1.82, 2.24) is 4.90 Å². The van der Waals surface area contributed by atoms with E-state index in [1.807, 2.05) is 0 Å². The van der Waals surface area contributed by atoms with Gasteiger partial charge in [0.1, 0.15) is 13.2 Å². The fourth-order valence-electron chi connectivity index (χ4n) is 2.29. The molecule has 1 aromatic rings. The third kappa shape index (κ3) is 5.42. The molecule has 1 fully saturated rings. The first-order chi connectivity index (χ1) is 13.3. The van der Waals surface area contributed by atoms with Crippen LogP contribution in [0, 0.1) is 15.9 Å². The number of imide groups is 1. The molecule has 2 amide bonds. The summed E-state index contributed by atoms with van der Waals surface area (Å²) in [5.74, 6) is 2.16. The van der Waals surface area contributed by atoms with Gasteiger partial charge in [-0.15, -0.1) is 6.42 Å². The fourth-order valence-corrected chi connectivity index (χ4v) is 3.91. The Morgan fingerprint density at radius 2 is 2.11 bits per heavy atom. The van der Waals surface area contributed by atoms with Crippen molar-refractivity contribution in [1.29, 1.82) is 0 Å². The standard InChI is InChI=1S/C19H18INO6S/c1-5-6-26-17-13(20)7-12(8-14(17)25-4)9-15-18(23)21(19(24)28-15)10-16(22)27-11(2)3/h1,7-9,11H,6,10H2,2-4H3/b15-9+. The number of ether oxygens (including phenoxy) is 3. The summed E-state index contributed by atoms with van der Waals surface area (Å²) in [5.41, 5.74) is 0.643. The van der Waals surface area contributed by atoms with E-state index in [1.165, 1.54) is 7.11 Å². The molecule has 1 heterocycles. The summed E-state index contributed by atoms with van der Waals surface area (Å²) in [6.45, 7) is 3.06. The quantitative estimate of drug-likeness (QED) is 0.239. The third-order valence-corrected chi connectivity index (χ3v) is 5.09. The Hall–Kier alpha value is -2.19. The number of carbonyl (C=O) groups is 3. The molecule has 0 saturated carbocycles. The number of terminal acetylenes is 1. The van der Waals surface area contributed by atoms with E-state index in [-0.39, 0.29) is 17.6 Å². The van der Waals surface area contributed by atoms with Crippen molar-refractivity contribution in [3.8, 4) is 23.8 Å². The minimum Gasteiger partial charge on any atom is -0.493 e. The predicted molar refractivity (Wildman–Crippen MR) is 114 cm³/mol. The number of thioether (sulfide) groups is 1. The van der Waals surface area contributed by atoms with Crippen LogP contribution >= 0.6 is 34.4 Å². The predicted octanol–water partition coefficient (Wildman–Crippen LogP) is 3.30. The number of nitrogens with zero attached hydrogens (tertiary/aromatic N) is 1. The summed E-state index contributed by atoms with van der Waals surface area (Å²) < 4.78 is 16.5. The Morgan fingerprint density at radius 3 is 2.71 bits per heavy atom. The second-order valence-electron chi connectivity index (χ2n) is 5.83. The average Bonchev–Trinajstić information content (AvgIpc) is 2.87. The lowest BCUT2D eigenvalue weighted by molar-refractivity contribution is -0.149. The first-order valence-electron chi connectivity index (χ1n) is 8.15. The topological polar surface area (TPSA) is 82.1 Å². The second kappa shape index (κ2) is 9.84. The van der Waals surface area contributed by atoms with Gasteiger partial charge in [-0.2, -0.15) is 0 Å². The number of rotatable bonds is 7. The normalized spacial score (nSPS) is 15.1. The summed E-state index contributed by atoms with van der Waals surface area (Å²) in [6, 6.07) is 3.45. The van der Waals surface area contributed by atoms with Gasteiger partial charge in [-0.3, -0.25) is 19.3 Å². The number of methoxy groups -OCH3 is 1. The van der Waals surface area contributed by atoms with Gasteiger partial charge in [0.15, 0.2) is 11.5 Å². The molecule has 0 bridgehead atoms. The van der Waals surface area contributed by atoms with Crippen LogP contribution in [0.3, 0.4) is 0 Å². The molecule has 0 unspecified atom stereocenters. The summed E-state index contributed by atoms with van der Waals surface area (Å²) in [6.07, 6.45) is 6.46. The summed E-state index contributed by atoms with van der Waals surface area (Å²) in [7, 11) is 1.49. The van der Waals surface area contributed by atoms with E-state index in [0.717, 1.165) is 20.2 Å². The highest BCUT2D eigenvalue weighted by Gasteiger charge is 2.36. The van der Waals surface area contributed by atoms with Crippen LogP contribution in [-0.4, -0.2) is 48.4 Å². The lowest BCUT2D eigenvalue weighted by Crippen LogP contribution is -2.35. The fraction of sp³-hybridized carbons (Fsp3) is 0.316. The van der Waals surface area contributed by atoms with Gasteiger partial charge in [-0.05, 0) is 72.0 Å². The number of esters is 1. The molecule has 0 N–H and O–H groups in total. The van der Waals surface area contributed by atoms with E-state index in [9.17, 15) is 14.4 Å². The zero-order valence-electron chi connectivity index (χ0n) is 15.5. The van der Waals surface area contributed by atoms with Gasteiger partial charge in [0.2, 0.25) is 0 Å². The van der Waals surface area contributed by atoms with E-state index >= 15 is 0 Å². The molecular weight excluding hydrogens is 497 g/mol. The van der Waals surface area contributed by atoms with Gasteiger partial charge in [-0.25, -0.2) is 0 Å². The number of carbonyl (C=O) groups excluding carboxylic acids is 3. The number of hydrogen-bond acceptors (Lipinski definition) is 7. The third-order valence-electron chi connectivity index (χ3n) is 3.38. The van der Waals surface area contributed by atoms with Crippen LogP contribution < -0.4 is 9.47 Å². The van der Waals surface area contributed by atoms with Gasteiger partial charge in [0.25, 0.3) is 11.1 Å². The molecule has 1 aromatic carbocycles. The molecular formula is C19H18INO6S. The van der Waals surface area contributed by atoms with Crippen molar-refractivity contribution in [2.45, 2.75) is 20.0 Å². The zero-order chi connectivity index (χ0) is 20.8. The first-order valence-corrected chi connectivity index (χ1v) is 10.0. The molecule has 1 aliphatic heterocycles. The number of hydrogen-bond donors (Lipinski definition) is 0. The van der Waals surface area contributed by atoms with E-state index in [2.05, 4.69) is 28.5 Å². The maximum absolute atomic E-state index is 12.5. The number of halogens is 1. The van der Waals surface area contributed by atoms with E-state index < -0.39 is 23.7 Å². The second-order valence-corrected chi connectivity index (χ2v) is 7.99. The SMILES string of the molecule is C#CCOc1c(I)cc(/C=C2/SC(=O)N(CC(=O)OC(C)C)C2=O)cc1OC. The molecule has 9 heteroatoms. The molecule has 0 aromatic heterocycles.